The Kier molecular flexibility index (Phi) is 7.66. The minimum atomic E-state index is -0.161. The number of aromatic amines is 1. The second kappa shape index (κ2) is 11.3. The van der Waals surface area contributed by atoms with Crippen molar-refractivity contribution in [1.82, 2.24) is 30.1 Å². The molecule has 0 amide bonds. The fourth-order valence-electron chi connectivity index (χ4n) is 5.10. The van der Waals surface area contributed by atoms with Crippen molar-refractivity contribution in [2.45, 2.75) is 65.4 Å². The molecule has 1 aliphatic rings. The predicted molar refractivity (Wildman–Crippen MR) is 138 cm³/mol. The van der Waals surface area contributed by atoms with E-state index < -0.39 is 0 Å². The SMILES string of the molecule is CCOc1ccc2[nH]c(=O)c(CN(Cc3ccco3)[C@@H](c3nnnn3C[C@H]3CCCO3)C(C)C)cc2c1. The van der Waals surface area contributed by atoms with E-state index in [-0.39, 0.29) is 23.6 Å². The van der Waals surface area contributed by atoms with E-state index in [1.807, 2.05) is 48.0 Å². The van der Waals surface area contributed by atoms with Crippen molar-refractivity contribution < 1.29 is 13.9 Å². The van der Waals surface area contributed by atoms with Crippen LogP contribution < -0.4 is 10.3 Å². The van der Waals surface area contributed by atoms with Gasteiger partial charge in [0.2, 0.25) is 0 Å². The summed E-state index contributed by atoms with van der Waals surface area (Å²) in [5.41, 5.74) is 1.30. The zero-order valence-corrected chi connectivity index (χ0v) is 21.6. The first-order valence-electron chi connectivity index (χ1n) is 12.9. The number of hydrogen-bond donors (Lipinski definition) is 1. The van der Waals surface area contributed by atoms with Gasteiger partial charge in [-0.05, 0) is 72.5 Å². The number of rotatable bonds is 11. The third-order valence-electron chi connectivity index (χ3n) is 6.77. The van der Waals surface area contributed by atoms with Crippen LogP contribution >= 0.6 is 0 Å². The number of furan rings is 1. The highest BCUT2D eigenvalue weighted by Gasteiger charge is 2.31. The Morgan fingerprint density at radius 1 is 1.24 bits per heavy atom. The molecule has 1 aliphatic heterocycles. The molecule has 1 fully saturated rings. The molecule has 4 heterocycles. The first-order valence-corrected chi connectivity index (χ1v) is 12.9. The summed E-state index contributed by atoms with van der Waals surface area (Å²) >= 11 is 0. The predicted octanol–water partition coefficient (Wildman–Crippen LogP) is 4.08. The molecule has 1 N–H and O–H groups in total. The molecule has 0 spiro atoms. The fourth-order valence-corrected chi connectivity index (χ4v) is 5.10. The number of benzene rings is 1. The van der Waals surface area contributed by atoms with Gasteiger partial charge in [0.25, 0.3) is 5.56 Å². The van der Waals surface area contributed by atoms with Crippen LogP contribution in [0.3, 0.4) is 0 Å². The largest absolute Gasteiger partial charge is 0.494 e. The summed E-state index contributed by atoms with van der Waals surface area (Å²) in [6, 6.07) is 11.3. The number of nitrogens with one attached hydrogen (secondary N) is 1. The second-order valence-corrected chi connectivity index (χ2v) is 9.83. The van der Waals surface area contributed by atoms with Crippen LogP contribution in [-0.4, -0.2) is 49.4 Å². The first-order chi connectivity index (χ1) is 18.0. The van der Waals surface area contributed by atoms with E-state index in [4.69, 9.17) is 13.9 Å². The molecule has 196 valence electrons. The highest BCUT2D eigenvalue weighted by molar-refractivity contribution is 5.80. The molecule has 1 saturated heterocycles. The Morgan fingerprint density at radius 2 is 2.14 bits per heavy atom. The minimum absolute atomic E-state index is 0.108. The zero-order chi connectivity index (χ0) is 25.8. The van der Waals surface area contributed by atoms with Gasteiger partial charge in [0.1, 0.15) is 11.5 Å². The van der Waals surface area contributed by atoms with Crippen molar-refractivity contribution in [3.63, 3.8) is 0 Å². The molecule has 0 unspecified atom stereocenters. The third-order valence-corrected chi connectivity index (χ3v) is 6.77. The zero-order valence-electron chi connectivity index (χ0n) is 21.6. The number of pyridine rings is 1. The lowest BCUT2D eigenvalue weighted by Gasteiger charge is -2.33. The lowest BCUT2D eigenvalue weighted by Crippen LogP contribution is -2.35. The van der Waals surface area contributed by atoms with Crippen molar-refractivity contribution in [3.05, 3.63) is 70.2 Å². The number of H-pyrrole nitrogens is 1. The molecule has 10 heteroatoms. The lowest BCUT2D eigenvalue weighted by molar-refractivity contribution is 0.0836. The Labute approximate surface area is 215 Å². The standard InChI is InChI=1S/C27H34N6O4/c1-4-35-21-9-10-24-19(14-21)13-20(27(34)28-24)15-32(16-22-7-5-11-36-22)25(18(2)3)26-29-30-31-33(26)17-23-8-6-12-37-23/h5,7,9-11,13-14,18,23,25H,4,6,8,12,15-17H2,1-3H3,(H,28,34)/t23-,25-/m1/s1. The second-order valence-electron chi connectivity index (χ2n) is 9.83. The van der Waals surface area contributed by atoms with Gasteiger partial charge in [-0.2, -0.15) is 0 Å². The van der Waals surface area contributed by atoms with Crippen LogP contribution in [0, 0.1) is 5.92 Å². The molecule has 4 aromatic rings. The molecule has 0 saturated carbocycles. The van der Waals surface area contributed by atoms with Gasteiger partial charge >= 0.3 is 0 Å². The number of aromatic nitrogens is 5. The van der Waals surface area contributed by atoms with Gasteiger partial charge in [0.05, 0.1) is 38.1 Å². The van der Waals surface area contributed by atoms with Gasteiger partial charge in [0.15, 0.2) is 5.82 Å². The van der Waals surface area contributed by atoms with Crippen LogP contribution in [0.5, 0.6) is 5.75 Å². The minimum Gasteiger partial charge on any atom is -0.494 e. The van der Waals surface area contributed by atoms with Crippen LogP contribution in [0.1, 0.15) is 56.8 Å². The van der Waals surface area contributed by atoms with Crippen LogP contribution in [0.2, 0.25) is 0 Å². The summed E-state index contributed by atoms with van der Waals surface area (Å²) in [4.78, 5) is 18.4. The van der Waals surface area contributed by atoms with Crippen molar-refractivity contribution in [1.29, 1.82) is 0 Å². The number of nitrogens with zero attached hydrogens (tertiary/aromatic N) is 5. The maximum Gasteiger partial charge on any atom is 0.252 e. The average Bonchev–Trinajstić information content (AvgIpc) is 3.65. The smallest absolute Gasteiger partial charge is 0.252 e. The van der Waals surface area contributed by atoms with E-state index in [1.165, 1.54) is 0 Å². The van der Waals surface area contributed by atoms with Crippen molar-refractivity contribution in [2.24, 2.45) is 5.92 Å². The van der Waals surface area contributed by atoms with Crippen molar-refractivity contribution in [3.8, 4) is 5.75 Å². The molecule has 37 heavy (non-hydrogen) atoms. The van der Waals surface area contributed by atoms with Gasteiger partial charge in [-0.1, -0.05) is 13.8 Å². The molecule has 1 aromatic carbocycles. The van der Waals surface area contributed by atoms with Gasteiger partial charge < -0.3 is 18.9 Å². The molecular formula is C27H34N6O4. The van der Waals surface area contributed by atoms with E-state index in [9.17, 15) is 4.79 Å². The van der Waals surface area contributed by atoms with Gasteiger partial charge in [0, 0.05) is 29.6 Å². The normalized spacial score (nSPS) is 16.7. The summed E-state index contributed by atoms with van der Waals surface area (Å²) in [7, 11) is 0. The van der Waals surface area contributed by atoms with Crippen LogP contribution in [0.4, 0.5) is 0 Å². The van der Waals surface area contributed by atoms with Gasteiger partial charge in [-0.15, -0.1) is 5.10 Å². The maximum absolute atomic E-state index is 13.2. The van der Waals surface area contributed by atoms with Crippen molar-refractivity contribution in [2.75, 3.05) is 13.2 Å². The molecule has 5 rings (SSSR count). The summed E-state index contributed by atoms with van der Waals surface area (Å²) in [6.45, 7) is 9.09. The highest BCUT2D eigenvalue weighted by Crippen LogP contribution is 2.31. The number of hydrogen-bond acceptors (Lipinski definition) is 8. The van der Waals surface area contributed by atoms with Gasteiger partial charge in [-0.25, -0.2) is 4.68 Å². The summed E-state index contributed by atoms with van der Waals surface area (Å²) in [5, 5.41) is 13.7. The lowest BCUT2D eigenvalue weighted by atomic mass is 10.00. The van der Waals surface area contributed by atoms with E-state index >= 15 is 0 Å². The maximum atomic E-state index is 13.2. The number of ether oxygens (including phenoxy) is 2. The Balaban J connectivity index is 1.51. The molecule has 2 atom stereocenters. The Hall–Kier alpha value is -3.50. The summed E-state index contributed by atoms with van der Waals surface area (Å²) in [5.74, 6) is 2.50. The fraction of sp³-hybridized carbons (Fsp3) is 0.481. The average molecular weight is 507 g/mol. The molecule has 0 aliphatic carbocycles. The Morgan fingerprint density at radius 3 is 2.86 bits per heavy atom. The van der Waals surface area contributed by atoms with E-state index in [2.05, 4.69) is 39.3 Å². The molecule has 0 bridgehead atoms. The van der Waals surface area contributed by atoms with E-state index in [0.29, 0.717) is 31.8 Å². The summed E-state index contributed by atoms with van der Waals surface area (Å²) < 4.78 is 19.1. The van der Waals surface area contributed by atoms with Crippen molar-refractivity contribution >= 4 is 10.9 Å². The molecule has 0 radical (unpaired) electrons. The third kappa shape index (κ3) is 5.75. The molecule has 3 aromatic heterocycles. The summed E-state index contributed by atoms with van der Waals surface area (Å²) in [6.07, 6.45) is 3.82. The van der Waals surface area contributed by atoms with Crippen LogP contribution in [0.25, 0.3) is 10.9 Å². The quantitative estimate of drug-likeness (QED) is 0.324. The molecule has 10 nitrogen and oxygen atoms in total. The van der Waals surface area contributed by atoms with E-state index in [1.54, 1.807) is 6.26 Å². The molecular weight excluding hydrogens is 472 g/mol. The van der Waals surface area contributed by atoms with Crippen LogP contribution in [-0.2, 0) is 24.4 Å². The number of tetrazole rings is 1. The number of fused-ring (bicyclic) bond motifs is 1. The van der Waals surface area contributed by atoms with Crippen LogP contribution in [0.15, 0.2) is 51.9 Å². The Bertz CT molecular complexity index is 1360. The van der Waals surface area contributed by atoms with E-state index in [0.717, 1.165) is 47.7 Å². The monoisotopic (exact) mass is 506 g/mol. The first kappa shape index (κ1) is 25.2. The van der Waals surface area contributed by atoms with Gasteiger partial charge in [-0.3, -0.25) is 9.69 Å². The highest BCUT2D eigenvalue weighted by atomic mass is 16.5. The topological polar surface area (TPSA) is 111 Å².